The highest BCUT2D eigenvalue weighted by atomic mass is 19.1. The Bertz CT molecular complexity index is 1180. The van der Waals surface area contributed by atoms with Crippen molar-refractivity contribution in [1.29, 1.82) is 0 Å². The van der Waals surface area contributed by atoms with Crippen LogP contribution in [0.3, 0.4) is 0 Å². The molecule has 0 radical (unpaired) electrons. The Labute approximate surface area is 204 Å². The van der Waals surface area contributed by atoms with Crippen LogP contribution in [0.2, 0.25) is 0 Å². The van der Waals surface area contributed by atoms with Crippen molar-refractivity contribution in [2.45, 2.75) is 18.5 Å². The van der Waals surface area contributed by atoms with E-state index in [2.05, 4.69) is 26.8 Å². The molecule has 8 heteroatoms. The van der Waals surface area contributed by atoms with Crippen molar-refractivity contribution >= 4 is 17.3 Å². The molecule has 1 saturated heterocycles. The van der Waals surface area contributed by atoms with Crippen molar-refractivity contribution in [2.75, 3.05) is 49.7 Å². The Morgan fingerprint density at radius 1 is 1.00 bits per heavy atom. The molecule has 2 aliphatic rings. The number of nitrogens with one attached hydrogen (secondary N) is 1. The minimum absolute atomic E-state index is 0.380. The summed E-state index contributed by atoms with van der Waals surface area (Å²) in [7, 11) is 0. The average Bonchev–Trinajstić information content (AvgIpc) is 2.89. The van der Waals surface area contributed by atoms with E-state index < -0.39 is 5.67 Å². The van der Waals surface area contributed by atoms with Crippen LogP contribution in [0.1, 0.15) is 12.8 Å². The number of hydrogen-bond acceptors (Lipinski definition) is 7. The van der Waals surface area contributed by atoms with E-state index in [1.807, 2.05) is 48.5 Å². The maximum Gasteiger partial charge on any atom is 0.227 e. The zero-order valence-corrected chi connectivity index (χ0v) is 19.6. The molecular formula is C27H29FN4O3. The number of benzene rings is 2. The second kappa shape index (κ2) is 10.3. The summed E-state index contributed by atoms with van der Waals surface area (Å²) < 4.78 is 32.3. The first-order valence-electron chi connectivity index (χ1n) is 11.9. The maximum atomic E-state index is 14.7. The van der Waals surface area contributed by atoms with Gasteiger partial charge in [-0.15, -0.1) is 0 Å². The predicted molar refractivity (Wildman–Crippen MR) is 134 cm³/mol. The average molecular weight is 477 g/mol. The van der Waals surface area contributed by atoms with Crippen LogP contribution >= 0.6 is 0 Å². The summed E-state index contributed by atoms with van der Waals surface area (Å²) in [6.07, 6.45) is 3.96. The van der Waals surface area contributed by atoms with Gasteiger partial charge in [0.15, 0.2) is 0 Å². The number of alkyl halides is 1. The molecule has 0 saturated carbocycles. The van der Waals surface area contributed by atoms with Crippen LogP contribution in [0.4, 0.5) is 21.7 Å². The maximum absolute atomic E-state index is 14.7. The number of halogens is 1. The number of rotatable bonds is 2. The number of piperidine rings is 1. The fourth-order valence-corrected chi connectivity index (χ4v) is 4.28. The lowest BCUT2D eigenvalue weighted by Crippen LogP contribution is -2.40. The second-order valence-corrected chi connectivity index (χ2v) is 8.64. The van der Waals surface area contributed by atoms with Crippen LogP contribution in [0.5, 0.6) is 11.5 Å². The summed E-state index contributed by atoms with van der Waals surface area (Å²) in [6.45, 7) is 6.52. The number of allylic oxidation sites excluding steroid dienone is 1. The minimum Gasteiger partial charge on any atom is -0.491 e. The largest absolute Gasteiger partial charge is 0.491 e. The fourth-order valence-electron chi connectivity index (χ4n) is 4.28. The third-order valence-corrected chi connectivity index (χ3v) is 6.28. The van der Waals surface area contributed by atoms with E-state index in [0.717, 1.165) is 28.4 Å². The highest BCUT2D eigenvalue weighted by Gasteiger charge is 2.32. The van der Waals surface area contributed by atoms with E-state index in [-0.39, 0.29) is 0 Å². The second-order valence-electron chi connectivity index (χ2n) is 8.64. The van der Waals surface area contributed by atoms with E-state index >= 15 is 0 Å². The smallest absolute Gasteiger partial charge is 0.227 e. The molecule has 5 rings (SSSR count). The van der Waals surface area contributed by atoms with Gasteiger partial charge >= 0.3 is 0 Å². The van der Waals surface area contributed by atoms with Gasteiger partial charge in [0.25, 0.3) is 0 Å². The monoisotopic (exact) mass is 476 g/mol. The Balaban J connectivity index is 1.43. The van der Waals surface area contributed by atoms with Crippen LogP contribution in [-0.2, 0) is 4.74 Å². The van der Waals surface area contributed by atoms with Crippen molar-refractivity contribution in [2.24, 2.45) is 0 Å². The van der Waals surface area contributed by atoms with Gasteiger partial charge in [-0.3, -0.25) is 0 Å². The quantitative estimate of drug-likeness (QED) is 0.512. The molecular weight excluding hydrogens is 447 g/mol. The van der Waals surface area contributed by atoms with Crippen LogP contribution in [0, 0.1) is 0 Å². The summed E-state index contributed by atoms with van der Waals surface area (Å²) in [6, 6.07) is 15.5. The molecule has 35 heavy (non-hydrogen) atoms. The van der Waals surface area contributed by atoms with Gasteiger partial charge in [-0.1, -0.05) is 24.8 Å². The van der Waals surface area contributed by atoms with Gasteiger partial charge in [-0.05, 0) is 30.3 Å². The van der Waals surface area contributed by atoms with Crippen LogP contribution in [0.25, 0.3) is 11.3 Å². The third kappa shape index (κ3) is 5.54. The van der Waals surface area contributed by atoms with Crippen molar-refractivity contribution in [3.8, 4) is 22.8 Å². The molecule has 3 heterocycles. The molecule has 0 aliphatic carbocycles. The van der Waals surface area contributed by atoms with Gasteiger partial charge in [-0.2, -0.15) is 0 Å². The normalized spacial score (nSPS) is 17.8. The first-order valence-corrected chi connectivity index (χ1v) is 11.9. The number of nitrogens with zero attached hydrogens (tertiary/aromatic N) is 3. The highest BCUT2D eigenvalue weighted by molar-refractivity contribution is 5.69. The van der Waals surface area contributed by atoms with Gasteiger partial charge in [0.05, 0.1) is 24.6 Å². The molecule has 7 nitrogen and oxygen atoms in total. The molecule has 2 aromatic carbocycles. The summed E-state index contributed by atoms with van der Waals surface area (Å²) in [5, 5.41) is 3.28. The van der Waals surface area contributed by atoms with Gasteiger partial charge in [0, 0.05) is 49.4 Å². The zero-order chi connectivity index (χ0) is 24.1. The molecule has 6 bridgehead atoms. The predicted octanol–water partition coefficient (Wildman–Crippen LogP) is 5.17. The van der Waals surface area contributed by atoms with Gasteiger partial charge in [0.1, 0.15) is 30.4 Å². The summed E-state index contributed by atoms with van der Waals surface area (Å²) >= 11 is 0. The van der Waals surface area contributed by atoms with Crippen molar-refractivity contribution in [3.05, 3.63) is 67.4 Å². The van der Waals surface area contributed by atoms with E-state index in [1.54, 1.807) is 6.20 Å². The van der Waals surface area contributed by atoms with Crippen LogP contribution in [-0.4, -0.2) is 55.2 Å². The molecule has 0 spiro atoms. The molecule has 2 aliphatic heterocycles. The van der Waals surface area contributed by atoms with E-state index in [4.69, 9.17) is 14.2 Å². The molecule has 0 atom stereocenters. The lowest BCUT2D eigenvalue weighted by molar-refractivity contribution is 0.0765. The summed E-state index contributed by atoms with van der Waals surface area (Å²) in [5.41, 5.74) is 2.14. The standard InChI is InChI=1S/C27H29FN4O3/c1-2-27(28)9-12-32(13-10-27)24-7-6-21-19-25(24)35-17-15-33-14-16-34-22-5-3-4-20(18-22)23-8-11-29-26(30-21)31-23/h2-8,11,18-19H,1,9-10,12-17H2,(H,29,30,31). The molecule has 1 fully saturated rings. The Morgan fingerprint density at radius 3 is 2.66 bits per heavy atom. The Hall–Kier alpha value is -3.65. The van der Waals surface area contributed by atoms with Crippen LogP contribution in [0.15, 0.2) is 67.4 Å². The van der Waals surface area contributed by atoms with Gasteiger partial charge in [-0.25, -0.2) is 14.4 Å². The van der Waals surface area contributed by atoms with Crippen molar-refractivity contribution < 1.29 is 18.6 Å². The zero-order valence-electron chi connectivity index (χ0n) is 19.6. The molecule has 3 aromatic rings. The molecule has 1 aromatic heterocycles. The first kappa shape index (κ1) is 23.1. The van der Waals surface area contributed by atoms with Crippen molar-refractivity contribution in [1.82, 2.24) is 9.97 Å². The minimum atomic E-state index is -1.31. The molecule has 1 N–H and O–H groups in total. The first-order chi connectivity index (χ1) is 17.1. The SMILES string of the molecule is C=CC1(F)CCN(c2ccc3cc2OCCOCCOc2cccc(c2)-c2ccnc(n2)N3)CC1. The third-order valence-electron chi connectivity index (χ3n) is 6.28. The number of ether oxygens (including phenoxy) is 3. The Morgan fingerprint density at radius 2 is 1.83 bits per heavy atom. The molecule has 0 unspecified atom stereocenters. The summed E-state index contributed by atoms with van der Waals surface area (Å²) in [4.78, 5) is 11.2. The van der Waals surface area contributed by atoms with Gasteiger partial charge in [0.2, 0.25) is 5.95 Å². The van der Waals surface area contributed by atoms with Crippen LogP contribution < -0.4 is 19.7 Å². The number of hydrogen-bond donors (Lipinski definition) is 1. The van der Waals surface area contributed by atoms with E-state index in [0.29, 0.717) is 64.1 Å². The Kier molecular flexibility index (Phi) is 6.81. The van der Waals surface area contributed by atoms with E-state index in [1.165, 1.54) is 6.08 Å². The number of fused-ring (bicyclic) bond motifs is 7. The summed E-state index contributed by atoms with van der Waals surface area (Å²) in [5.74, 6) is 1.93. The van der Waals surface area contributed by atoms with Gasteiger partial charge < -0.3 is 24.4 Å². The van der Waals surface area contributed by atoms with Crippen molar-refractivity contribution in [3.63, 3.8) is 0 Å². The van der Waals surface area contributed by atoms with E-state index in [9.17, 15) is 4.39 Å². The lowest BCUT2D eigenvalue weighted by atomic mass is 9.93. The lowest BCUT2D eigenvalue weighted by Gasteiger charge is -2.36. The fraction of sp³-hybridized carbons (Fsp3) is 0.333. The number of anilines is 3. The number of aromatic nitrogens is 2. The molecule has 182 valence electrons. The highest BCUT2D eigenvalue weighted by Crippen LogP contribution is 2.37. The molecule has 0 amide bonds. The topological polar surface area (TPSA) is 68.7 Å².